The molecule has 0 radical (unpaired) electrons. The fourth-order valence-electron chi connectivity index (χ4n) is 3.29. The highest BCUT2D eigenvalue weighted by Crippen LogP contribution is 2.33. The summed E-state index contributed by atoms with van der Waals surface area (Å²) in [6.07, 6.45) is 4.77. The Morgan fingerprint density at radius 1 is 1.21 bits per heavy atom. The average Bonchev–Trinajstić information content (AvgIpc) is 3.54. The number of halogens is 1. The van der Waals surface area contributed by atoms with Crippen LogP contribution in [0.5, 0.6) is 0 Å². The first-order valence-corrected chi connectivity index (χ1v) is 10.8. The van der Waals surface area contributed by atoms with E-state index < -0.39 is 5.91 Å². The van der Waals surface area contributed by atoms with Gasteiger partial charge in [-0.15, -0.1) is 0 Å². The molecule has 0 unspecified atom stereocenters. The van der Waals surface area contributed by atoms with Gasteiger partial charge in [0.15, 0.2) is 5.82 Å². The third-order valence-corrected chi connectivity index (χ3v) is 6.01. The minimum Gasteiger partial charge on any atom is -0.329 e. The molecule has 0 saturated carbocycles. The smallest absolute Gasteiger partial charge is 0.274 e. The van der Waals surface area contributed by atoms with Crippen molar-refractivity contribution in [1.29, 1.82) is 0 Å². The maximum Gasteiger partial charge on any atom is 0.274 e. The second-order valence-electron chi connectivity index (χ2n) is 7.16. The molecule has 4 aromatic heterocycles. The van der Waals surface area contributed by atoms with Crippen molar-refractivity contribution in [3.8, 4) is 11.4 Å². The first-order chi connectivity index (χ1) is 15.9. The molecule has 0 spiro atoms. The van der Waals surface area contributed by atoms with Crippen LogP contribution in [-0.4, -0.2) is 39.8 Å². The summed E-state index contributed by atoms with van der Waals surface area (Å²) in [5, 5.41) is 18.5. The van der Waals surface area contributed by atoms with E-state index in [1.807, 2.05) is 12.1 Å². The van der Waals surface area contributed by atoms with Crippen LogP contribution in [0.2, 0.25) is 5.02 Å². The van der Waals surface area contributed by atoms with Gasteiger partial charge in [-0.3, -0.25) is 19.4 Å². The van der Waals surface area contributed by atoms with Gasteiger partial charge in [-0.2, -0.15) is 19.6 Å². The van der Waals surface area contributed by atoms with Gasteiger partial charge in [0.05, 0.1) is 22.4 Å². The van der Waals surface area contributed by atoms with Crippen LogP contribution < -0.4 is 16.2 Å². The van der Waals surface area contributed by atoms with Crippen LogP contribution >= 0.6 is 23.1 Å². The molecule has 33 heavy (non-hydrogen) atoms. The number of nitrogens with zero attached hydrogens (tertiary/aromatic N) is 6. The number of carbonyl (C=O) groups is 1. The van der Waals surface area contributed by atoms with Crippen LogP contribution in [0.25, 0.3) is 22.3 Å². The molecular formula is C20H16ClN9O2S. The van der Waals surface area contributed by atoms with E-state index in [1.54, 1.807) is 38.6 Å². The zero-order valence-corrected chi connectivity index (χ0v) is 18.9. The average molecular weight is 482 g/mol. The quantitative estimate of drug-likeness (QED) is 0.351. The second kappa shape index (κ2) is 8.15. The molecule has 11 nitrogen and oxygen atoms in total. The summed E-state index contributed by atoms with van der Waals surface area (Å²) < 4.78 is 7.18. The molecule has 0 aliphatic heterocycles. The maximum absolute atomic E-state index is 12.6. The standard InChI is InChI=1S/C20H16ClN9O2S/c1-29-9-10(7-14(19(29)32)24-18(31)15-5-6-23-30(15)2)17-26-20(33-28-17)25-13-4-3-12-11(16(13)21)8-22-27-12/h3-9H,1-2H3,(H,22,27)(H,24,31)(H,25,26,28). The Morgan fingerprint density at radius 2 is 2.06 bits per heavy atom. The number of hydrogen-bond donors (Lipinski definition) is 3. The topological polar surface area (TPSA) is 135 Å². The van der Waals surface area contributed by atoms with Crippen molar-refractivity contribution in [1.82, 2.24) is 33.9 Å². The van der Waals surface area contributed by atoms with Gasteiger partial charge < -0.3 is 15.2 Å². The van der Waals surface area contributed by atoms with E-state index >= 15 is 0 Å². The van der Waals surface area contributed by atoms with E-state index in [4.69, 9.17) is 11.6 Å². The molecule has 166 valence electrons. The highest BCUT2D eigenvalue weighted by molar-refractivity contribution is 7.10. The number of fused-ring (bicyclic) bond motifs is 1. The number of carbonyl (C=O) groups excluding carboxylic acids is 1. The lowest BCUT2D eigenvalue weighted by atomic mass is 10.2. The Hall–Kier alpha value is -4.03. The molecule has 0 atom stereocenters. The van der Waals surface area contributed by atoms with Crippen LogP contribution in [0.1, 0.15) is 10.5 Å². The fraction of sp³-hybridized carbons (Fsp3) is 0.100. The van der Waals surface area contributed by atoms with Gasteiger partial charge in [0.2, 0.25) is 5.13 Å². The van der Waals surface area contributed by atoms with Crippen LogP contribution in [0.3, 0.4) is 0 Å². The summed E-state index contributed by atoms with van der Waals surface area (Å²) in [5.74, 6) is -0.0447. The molecule has 1 amide bonds. The zero-order chi connectivity index (χ0) is 23.1. The lowest BCUT2D eigenvalue weighted by Crippen LogP contribution is -2.25. The van der Waals surface area contributed by atoms with Crippen LogP contribution in [0.15, 0.2) is 47.7 Å². The lowest BCUT2D eigenvalue weighted by Gasteiger charge is -2.08. The number of anilines is 3. The molecule has 5 rings (SSSR count). The molecule has 3 N–H and O–H groups in total. The van der Waals surface area contributed by atoms with Crippen molar-refractivity contribution >= 4 is 56.4 Å². The van der Waals surface area contributed by atoms with E-state index in [-0.39, 0.29) is 11.2 Å². The van der Waals surface area contributed by atoms with Gasteiger partial charge in [0.1, 0.15) is 11.4 Å². The molecule has 5 aromatic rings. The number of benzene rings is 1. The van der Waals surface area contributed by atoms with E-state index in [2.05, 4.69) is 35.3 Å². The molecular weight excluding hydrogens is 466 g/mol. The van der Waals surface area contributed by atoms with Crippen molar-refractivity contribution in [2.45, 2.75) is 0 Å². The zero-order valence-electron chi connectivity index (χ0n) is 17.3. The van der Waals surface area contributed by atoms with E-state index in [0.717, 1.165) is 22.4 Å². The van der Waals surface area contributed by atoms with Crippen molar-refractivity contribution in [2.24, 2.45) is 14.1 Å². The Bertz CT molecular complexity index is 1570. The van der Waals surface area contributed by atoms with E-state index in [0.29, 0.717) is 32.9 Å². The number of hydrogen-bond acceptors (Lipinski definition) is 8. The SMILES string of the molecule is Cn1nccc1C(=O)Nc1cc(-c2nsc(Nc3ccc4[nH]ncc4c3Cl)n2)cn(C)c1=O. The molecule has 0 aliphatic rings. The summed E-state index contributed by atoms with van der Waals surface area (Å²) in [6, 6.07) is 6.80. The number of aromatic nitrogens is 7. The molecule has 4 heterocycles. The molecule has 0 fully saturated rings. The monoisotopic (exact) mass is 481 g/mol. The molecule has 0 saturated heterocycles. The van der Waals surface area contributed by atoms with Crippen LogP contribution in [-0.2, 0) is 14.1 Å². The summed E-state index contributed by atoms with van der Waals surface area (Å²) in [5.41, 5.74) is 2.14. The van der Waals surface area contributed by atoms with Gasteiger partial charge in [-0.05, 0) is 24.3 Å². The van der Waals surface area contributed by atoms with Gasteiger partial charge in [0.25, 0.3) is 11.5 Å². The Balaban J connectivity index is 1.43. The maximum atomic E-state index is 12.6. The molecule has 13 heteroatoms. The van der Waals surface area contributed by atoms with Gasteiger partial charge >= 0.3 is 0 Å². The second-order valence-corrected chi connectivity index (χ2v) is 8.29. The summed E-state index contributed by atoms with van der Waals surface area (Å²) in [4.78, 5) is 29.6. The normalized spacial score (nSPS) is 11.1. The van der Waals surface area contributed by atoms with Crippen LogP contribution in [0.4, 0.5) is 16.5 Å². The van der Waals surface area contributed by atoms with Crippen molar-refractivity contribution in [2.75, 3.05) is 10.6 Å². The number of pyridine rings is 1. The number of nitrogens with one attached hydrogen (secondary N) is 3. The molecule has 0 bridgehead atoms. The number of aromatic amines is 1. The highest BCUT2D eigenvalue weighted by atomic mass is 35.5. The lowest BCUT2D eigenvalue weighted by molar-refractivity contribution is 0.101. The van der Waals surface area contributed by atoms with Gasteiger partial charge in [-0.1, -0.05) is 11.6 Å². The Kier molecular flexibility index (Phi) is 5.15. The highest BCUT2D eigenvalue weighted by Gasteiger charge is 2.16. The van der Waals surface area contributed by atoms with Gasteiger partial charge in [-0.25, -0.2) is 0 Å². The van der Waals surface area contributed by atoms with Crippen molar-refractivity contribution in [3.63, 3.8) is 0 Å². The number of aryl methyl sites for hydroxylation is 2. The van der Waals surface area contributed by atoms with Crippen LogP contribution in [0, 0.1) is 0 Å². The number of rotatable bonds is 5. The fourth-order valence-corrected chi connectivity index (χ4v) is 4.16. The van der Waals surface area contributed by atoms with E-state index in [9.17, 15) is 9.59 Å². The third kappa shape index (κ3) is 3.85. The largest absolute Gasteiger partial charge is 0.329 e. The van der Waals surface area contributed by atoms with E-state index in [1.165, 1.54) is 15.4 Å². The Labute approximate surface area is 195 Å². The number of amides is 1. The summed E-state index contributed by atoms with van der Waals surface area (Å²) in [7, 11) is 3.24. The minimum atomic E-state index is -0.442. The summed E-state index contributed by atoms with van der Waals surface area (Å²) in [6.45, 7) is 0. The van der Waals surface area contributed by atoms with Crippen molar-refractivity contribution in [3.05, 3.63) is 63.9 Å². The summed E-state index contributed by atoms with van der Waals surface area (Å²) >= 11 is 7.61. The van der Waals surface area contributed by atoms with Gasteiger partial charge in [0, 0.05) is 49.0 Å². The predicted octanol–water partition coefficient (Wildman–Crippen LogP) is 3.16. The number of H-pyrrole nitrogens is 1. The Morgan fingerprint density at radius 3 is 2.85 bits per heavy atom. The van der Waals surface area contributed by atoms with Crippen molar-refractivity contribution < 1.29 is 4.79 Å². The molecule has 1 aromatic carbocycles. The first-order valence-electron chi connectivity index (χ1n) is 9.63. The first kappa shape index (κ1) is 20.8. The molecule has 0 aliphatic carbocycles. The third-order valence-electron chi connectivity index (χ3n) is 4.97. The minimum absolute atomic E-state index is 0.110. The predicted molar refractivity (Wildman–Crippen MR) is 126 cm³/mol.